The van der Waals surface area contributed by atoms with E-state index in [1.165, 1.54) is 0 Å². The van der Waals surface area contributed by atoms with Gasteiger partial charge in [0.05, 0.1) is 18.6 Å². The Morgan fingerprint density at radius 3 is 2.93 bits per heavy atom. The van der Waals surface area contributed by atoms with Crippen LogP contribution in [-0.4, -0.2) is 35.2 Å². The monoisotopic (exact) mass is 208 g/mol. The van der Waals surface area contributed by atoms with Gasteiger partial charge in [0.2, 0.25) is 0 Å². The van der Waals surface area contributed by atoms with E-state index in [1.54, 1.807) is 18.4 Å². The number of likely N-dealkylation sites (N-methyl/N-ethyl adjacent to an activating group) is 1. The van der Waals surface area contributed by atoms with Crippen LogP contribution in [0.3, 0.4) is 0 Å². The molecule has 1 aromatic heterocycles. The molecule has 82 valence electrons. The number of aliphatic hydroxyl groups is 1. The highest BCUT2D eigenvalue weighted by Gasteiger charge is 2.25. The highest BCUT2D eigenvalue weighted by molar-refractivity contribution is 5.18. The fourth-order valence-electron chi connectivity index (χ4n) is 1.74. The van der Waals surface area contributed by atoms with E-state index >= 15 is 0 Å². The third kappa shape index (κ3) is 1.85. The molecule has 0 aromatic carbocycles. The topological polar surface area (TPSA) is 39.9 Å². The Bertz CT molecular complexity index is 345. The summed E-state index contributed by atoms with van der Waals surface area (Å²) >= 11 is 0. The number of rotatable bonds is 3. The van der Waals surface area contributed by atoms with E-state index in [9.17, 15) is 5.11 Å². The van der Waals surface area contributed by atoms with Gasteiger partial charge in [0, 0.05) is 19.8 Å². The van der Waals surface area contributed by atoms with Crippen LogP contribution in [0.2, 0.25) is 0 Å². The minimum Gasteiger partial charge on any atom is -0.466 e. The maximum Gasteiger partial charge on any atom is 0.153 e. The van der Waals surface area contributed by atoms with Crippen LogP contribution in [0.25, 0.3) is 0 Å². The van der Waals surface area contributed by atoms with Gasteiger partial charge in [-0.15, -0.1) is 0 Å². The zero-order chi connectivity index (χ0) is 10.8. The fraction of sp³-hybridized carbons (Fsp3) is 0.455. The predicted octanol–water partition coefficient (Wildman–Crippen LogP) is 1.38. The van der Waals surface area contributed by atoms with Crippen LogP contribution in [0.1, 0.15) is 18.8 Å². The molecule has 1 aliphatic rings. The standard InChI is InChI=1S/C11H16N2O2/c1-3-13-7-9(12(2)8-13)11(14)10-5-4-6-15-10/h4-7,11,14H,3,8H2,1-2H3. The van der Waals surface area contributed by atoms with Crippen molar-refractivity contribution in [3.63, 3.8) is 0 Å². The van der Waals surface area contributed by atoms with Crippen molar-refractivity contribution in [3.05, 3.63) is 36.1 Å². The lowest BCUT2D eigenvalue weighted by molar-refractivity contribution is 0.151. The van der Waals surface area contributed by atoms with Crippen LogP contribution >= 0.6 is 0 Å². The molecule has 0 saturated carbocycles. The van der Waals surface area contributed by atoms with Crippen molar-refractivity contribution < 1.29 is 9.52 Å². The lowest BCUT2D eigenvalue weighted by Crippen LogP contribution is -2.24. The Balaban J connectivity index is 2.17. The van der Waals surface area contributed by atoms with E-state index in [-0.39, 0.29) is 0 Å². The fourth-order valence-corrected chi connectivity index (χ4v) is 1.74. The zero-order valence-corrected chi connectivity index (χ0v) is 9.05. The van der Waals surface area contributed by atoms with Gasteiger partial charge in [-0.25, -0.2) is 0 Å². The summed E-state index contributed by atoms with van der Waals surface area (Å²) < 4.78 is 5.19. The second-order valence-corrected chi connectivity index (χ2v) is 3.72. The summed E-state index contributed by atoms with van der Waals surface area (Å²) in [6, 6.07) is 3.57. The van der Waals surface area contributed by atoms with Crippen molar-refractivity contribution in [1.82, 2.24) is 9.80 Å². The third-order valence-corrected chi connectivity index (χ3v) is 2.65. The molecular weight excluding hydrogens is 192 g/mol. The summed E-state index contributed by atoms with van der Waals surface area (Å²) in [5.41, 5.74) is 0.881. The van der Waals surface area contributed by atoms with Gasteiger partial charge in [-0.1, -0.05) is 0 Å². The molecule has 0 bridgehead atoms. The summed E-state index contributed by atoms with van der Waals surface area (Å²) in [6.07, 6.45) is 2.89. The highest BCUT2D eigenvalue weighted by Crippen LogP contribution is 2.27. The summed E-state index contributed by atoms with van der Waals surface area (Å²) in [4.78, 5) is 4.16. The number of hydrogen-bond acceptors (Lipinski definition) is 4. The second-order valence-electron chi connectivity index (χ2n) is 3.72. The average molecular weight is 208 g/mol. The molecule has 15 heavy (non-hydrogen) atoms. The van der Waals surface area contributed by atoms with Gasteiger partial charge in [-0.05, 0) is 19.1 Å². The van der Waals surface area contributed by atoms with E-state index in [1.807, 2.05) is 18.1 Å². The molecule has 0 amide bonds. The van der Waals surface area contributed by atoms with Gasteiger partial charge in [0.15, 0.2) is 6.10 Å². The minimum absolute atomic E-state index is 0.589. The minimum atomic E-state index is -0.665. The average Bonchev–Trinajstić information content (AvgIpc) is 2.85. The molecule has 0 radical (unpaired) electrons. The molecule has 0 aliphatic carbocycles. The van der Waals surface area contributed by atoms with E-state index in [2.05, 4.69) is 11.8 Å². The Kier molecular flexibility index (Phi) is 2.68. The molecule has 1 unspecified atom stereocenters. The van der Waals surface area contributed by atoms with Crippen LogP contribution in [0.15, 0.2) is 34.7 Å². The van der Waals surface area contributed by atoms with Crippen molar-refractivity contribution in [2.75, 3.05) is 20.3 Å². The molecular formula is C11H16N2O2. The van der Waals surface area contributed by atoms with E-state index < -0.39 is 6.10 Å². The Hall–Kier alpha value is -1.42. The van der Waals surface area contributed by atoms with Crippen LogP contribution in [0.4, 0.5) is 0 Å². The third-order valence-electron chi connectivity index (χ3n) is 2.65. The molecule has 1 aliphatic heterocycles. The molecule has 2 heterocycles. The molecule has 0 fully saturated rings. The number of aliphatic hydroxyl groups excluding tert-OH is 1. The first-order valence-corrected chi connectivity index (χ1v) is 5.10. The van der Waals surface area contributed by atoms with Crippen molar-refractivity contribution in [3.8, 4) is 0 Å². The van der Waals surface area contributed by atoms with Gasteiger partial charge in [0.1, 0.15) is 5.76 Å². The SMILES string of the molecule is CCN1C=C(C(O)c2ccco2)N(C)C1. The molecule has 1 aromatic rings. The maximum absolute atomic E-state index is 10.1. The van der Waals surface area contributed by atoms with Crippen molar-refractivity contribution in [2.24, 2.45) is 0 Å². The number of nitrogens with zero attached hydrogens (tertiary/aromatic N) is 2. The van der Waals surface area contributed by atoms with Crippen LogP contribution in [0.5, 0.6) is 0 Å². The summed E-state index contributed by atoms with van der Waals surface area (Å²) in [7, 11) is 1.97. The van der Waals surface area contributed by atoms with E-state index in [4.69, 9.17) is 4.42 Å². The lowest BCUT2D eigenvalue weighted by Gasteiger charge is -2.19. The normalized spacial score (nSPS) is 18.2. The number of furan rings is 1. The van der Waals surface area contributed by atoms with Gasteiger partial charge in [0.25, 0.3) is 0 Å². The maximum atomic E-state index is 10.1. The van der Waals surface area contributed by atoms with Crippen LogP contribution in [0, 0.1) is 0 Å². The van der Waals surface area contributed by atoms with Crippen LogP contribution in [-0.2, 0) is 0 Å². The first-order chi connectivity index (χ1) is 7.22. The van der Waals surface area contributed by atoms with Crippen LogP contribution < -0.4 is 0 Å². The quantitative estimate of drug-likeness (QED) is 0.814. The van der Waals surface area contributed by atoms with E-state index in [0.29, 0.717) is 5.76 Å². The molecule has 0 spiro atoms. The van der Waals surface area contributed by atoms with Crippen molar-refractivity contribution >= 4 is 0 Å². The lowest BCUT2D eigenvalue weighted by atomic mass is 10.2. The van der Waals surface area contributed by atoms with Gasteiger partial charge in [-0.2, -0.15) is 0 Å². The zero-order valence-electron chi connectivity index (χ0n) is 9.05. The Morgan fingerprint density at radius 1 is 1.60 bits per heavy atom. The molecule has 4 heteroatoms. The summed E-state index contributed by atoms with van der Waals surface area (Å²) in [5, 5.41) is 10.1. The first-order valence-electron chi connectivity index (χ1n) is 5.10. The van der Waals surface area contributed by atoms with Crippen molar-refractivity contribution in [2.45, 2.75) is 13.0 Å². The smallest absolute Gasteiger partial charge is 0.153 e. The molecule has 4 nitrogen and oxygen atoms in total. The summed E-state index contributed by atoms with van der Waals surface area (Å²) in [6.45, 7) is 3.86. The predicted molar refractivity (Wildman–Crippen MR) is 56.8 cm³/mol. The van der Waals surface area contributed by atoms with Gasteiger partial charge in [-0.3, -0.25) is 0 Å². The molecule has 0 saturated heterocycles. The number of hydrogen-bond donors (Lipinski definition) is 1. The largest absolute Gasteiger partial charge is 0.466 e. The second kappa shape index (κ2) is 3.98. The van der Waals surface area contributed by atoms with E-state index in [0.717, 1.165) is 18.9 Å². The molecule has 2 rings (SSSR count). The summed E-state index contributed by atoms with van der Waals surface area (Å²) in [5.74, 6) is 0.589. The Labute approximate surface area is 89.4 Å². The highest BCUT2D eigenvalue weighted by atomic mass is 16.4. The first kappa shape index (κ1) is 10.1. The van der Waals surface area contributed by atoms with Gasteiger partial charge < -0.3 is 19.3 Å². The molecule has 1 atom stereocenters. The van der Waals surface area contributed by atoms with Crippen molar-refractivity contribution in [1.29, 1.82) is 0 Å². The Morgan fingerprint density at radius 2 is 2.40 bits per heavy atom. The van der Waals surface area contributed by atoms with Gasteiger partial charge >= 0.3 is 0 Å². The molecule has 1 N–H and O–H groups in total.